The number of aliphatic carboxylic acids is 1. The Labute approximate surface area is 107 Å². The van der Waals surface area contributed by atoms with Gasteiger partial charge < -0.3 is 10.8 Å². The molecule has 0 saturated carbocycles. The number of rotatable bonds is 5. The molecular formula is C12H17NO4S. The van der Waals surface area contributed by atoms with Crippen LogP contribution in [0.15, 0.2) is 23.1 Å². The van der Waals surface area contributed by atoms with Crippen LogP contribution in [-0.2, 0) is 14.6 Å². The summed E-state index contributed by atoms with van der Waals surface area (Å²) in [6.45, 7) is 3.51. The van der Waals surface area contributed by atoms with Crippen molar-refractivity contribution in [1.82, 2.24) is 0 Å². The van der Waals surface area contributed by atoms with Gasteiger partial charge in [0.15, 0.2) is 15.1 Å². The number of carboxylic acid groups (broad SMARTS) is 1. The third-order valence-electron chi connectivity index (χ3n) is 2.72. The summed E-state index contributed by atoms with van der Waals surface area (Å²) in [6, 6.07) is 4.82. The quantitative estimate of drug-likeness (QED) is 0.828. The minimum absolute atomic E-state index is 0.0150. The molecule has 0 aliphatic rings. The molecule has 0 fully saturated rings. The molecule has 0 spiro atoms. The molecule has 1 rings (SSSR count). The van der Waals surface area contributed by atoms with Gasteiger partial charge in [0.1, 0.15) is 0 Å². The number of sulfone groups is 1. The number of carboxylic acids is 1. The summed E-state index contributed by atoms with van der Waals surface area (Å²) >= 11 is 0. The van der Waals surface area contributed by atoms with E-state index in [-0.39, 0.29) is 17.9 Å². The third-order valence-corrected chi connectivity index (χ3v) is 4.97. The highest BCUT2D eigenvalue weighted by molar-refractivity contribution is 7.92. The maximum atomic E-state index is 12.3. The second-order valence-corrected chi connectivity index (χ2v) is 6.32. The van der Waals surface area contributed by atoms with Crippen LogP contribution in [0, 0.1) is 13.8 Å². The molecule has 3 N–H and O–H groups in total. The average molecular weight is 271 g/mol. The van der Waals surface area contributed by atoms with Crippen LogP contribution in [0.3, 0.4) is 0 Å². The van der Waals surface area contributed by atoms with Gasteiger partial charge in [-0.15, -0.1) is 0 Å². The molecule has 0 saturated heterocycles. The summed E-state index contributed by atoms with van der Waals surface area (Å²) in [5, 5.41) is 7.53. The number of carbonyl (C=O) groups is 1. The molecule has 5 nitrogen and oxygen atoms in total. The van der Waals surface area contributed by atoms with Crippen molar-refractivity contribution >= 4 is 15.8 Å². The Kier molecular flexibility index (Phi) is 4.48. The Hall–Kier alpha value is -1.40. The molecule has 1 aromatic rings. The number of hydrogen-bond acceptors (Lipinski definition) is 4. The smallest absolute Gasteiger partial charge is 0.322 e. The molecule has 1 atom stereocenters. The Bertz CT molecular complexity index is 551. The first-order chi connectivity index (χ1) is 8.30. The van der Waals surface area contributed by atoms with Crippen molar-refractivity contribution in [3.63, 3.8) is 0 Å². The lowest BCUT2D eigenvalue weighted by molar-refractivity contribution is -0.136. The van der Waals surface area contributed by atoms with Crippen molar-refractivity contribution in [1.29, 1.82) is 0 Å². The van der Waals surface area contributed by atoms with Crippen molar-refractivity contribution in [3.05, 3.63) is 29.3 Å². The van der Waals surface area contributed by atoms with Crippen molar-refractivity contribution in [3.8, 4) is 0 Å². The Morgan fingerprint density at radius 3 is 2.44 bits per heavy atom. The van der Waals surface area contributed by atoms with Gasteiger partial charge in [0.2, 0.25) is 0 Å². The van der Waals surface area contributed by atoms with E-state index in [1.807, 2.05) is 6.92 Å². The van der Waals surface area contributed by atoms with Gasteiger partial charge in [-0.05, 0) is 38.4 Å². The largest absolute Gasteiger partial charge is 0.480 e. The summed E-state index contributed by atoms with van der Waals surface area (Å²) in [5.41, 5.74) is 6.76. The van der Waals surface area contributed by atoms with Crippen LogP contribution in [0.5, 0.6) is 0 Å². The second-order valence-electron chi connectivity index (χ2n) is 4.22. The molecular weight excluding hydrogens is 254 g/mol. The van der Waals surface area contributed by atoms with Gasteiger partial charge in [-0.2, -0.15) is 0 Å². The molecule has 0 amide bonds. The molecule has 0 aliphatic carbocycles. The fourth-order valence-electron chi connectivity index (χ4n) is 1.83. The summed E-state index contributed by atoms with van der Waals surface area (Å²) < 4.78 is 24.5. The van der Waals surface area contributed by atoms with E-state index in [0.717, 1.165) is 5.56 Å². The predicted molar refractivity (Wildman–Crippen MR) is 68.2 cm³/mol. The number of nitrogens with two attached hydrogens (primary N) is 1. The minimum atomic E-state index is -3.89. The zero-order valence-corrected chi connectivity index (χ0v) is 11.2. The maximum absolute atomic E-state index is 12.3. The molecule has 100 valence electrons. The molecule has 0 aliphatic heterocycles. The van der Waals surface area contributed by atoms with Crippen molar-refractivity contribution in [2.45, 2.75) is 30.4 Å². The van der Waals surface area contributed by atoms with Gasteiger partial charge in [-0.1, -0.05) is 17.7 Å². The van der Waals surface area contributed by atoms with E-state index >= 15 is 0 Å². The topological polar surface area (TPSA) is 97.5 Å². The highest BCUT2D eigenvalue weighted by Gasteiger charge is 2.34. The zero-order chi connectivity index (χ0) is 13.9. The summed E-state index contributed by atoms with van der Waals surface area (Å²) in [6.07, 6.45) is -0.0923. The average Bonchev–Trinajstić information content (AvgIpc) is 2.24. The Balaban J connectivity index is 3.31. The van der Waals surface area contributed by atoms with Gasteiger partial charge in [0.05, 0.1) is 4.90 Å². The zero-order valence-electron chi connectivity index (χ0n) is 10.4. The van der Waals surface area contributed by atoms with Crippen LogP contribution in [0.25, 0.3) is 0 Å². The lowest BCUT2D eigenvalue weighted by Gasteiger charge is -2.14. The molecule has 18 heavy (non-hydrogen) atoms. The Morgan fingerprint density at radius 2 is 2.00 bits per heavy atom. The third kappa shape index (κ3) is 2.88. The van der Waals surface area contributed by atoms with E-state index in [1.165, 1.54) is 6.07 Å². The Morgan fingerprint density at radius 1 is 1.39 bits per heavy atom. The first-order valence-electron chi connectivity index (χ1n) is 5.54. The van der Waals surface area contributed by atoms with E-state index in [0.29, 0.717) is 5.56 Å². The summed E-state index contributed by atoms with van der Waals surface area (Å²) in [5.74, 6) is -1.36. The standard InChI is InChI=1S/C12H17NO4S/c1-8-3-4-10(9(2)7-8)18(16,17)11(5-6-13)12(14)15/h3-4,7,11H,5-6,13H2,1-2H3,(H,14,15). The van der Waals surface area contributed by atoms with Gasteiger partial charge >= 0.3 is 5.97 Å². The molecule has 0 bridgehead atoms. The van der Waals surface area contributed by atoms with Crippen LogP contribution in [-0.4, -0.2) is 31.3 Å². The van der Waals surface area contributed by atoms with Gasteiger partial charge in [-0.25, -0.2) is 8.42 Å². The van der Waals surface area contributed by atoms with Crippen molar-refractivity contribution in [2.24, 2.45) is 5.73 Å². The van der Waals surface area contributed by atoms with E-state index in [2.05, 4.69) is 0 Å². The van der Waals surface area contributed by atoms with Crippen LogP contribution in [0.2, 0.25) is 0 Å². The van der Waals surface area contributed by atoms with Crippen LogP contribution in [0.4, 0.5) is 0 Å². The number of aryl methyl sites for hydroxylation is 2. The summed E-state index contributed by atoms with van der Waals surface area (Å²) in [4.78, 5) is 11.1. The number of benzene rings is 1. The molecule has 0 heterocycles. The fourth-order valence-corrected chi connectivity index (χ4v) is 3.62. The van der Waals surface area contributed by atoms with Crippen molar-refractivity contribution < 1.29 is 18.3 Å². The lowest BCUT2D eigenvalue weighted by atomic mass is 10.2. The highest BCUT2D eigenvalue weighted by Crippen LogP contribution is 2.23. The molecule has 0 radical (unpaired) electrons. The summed E-state index contributed by atoms with van der Waals surface area (Å²) in [7, 11) is -3.89. The van der Waals surface area contributed by atoms with Gasteiger partial charge in [0.25, 0.3) is 0 Å². The first-order valence-corrected chi connectivity index (χ1v) is 7.09. The molecule has 0 aromatic heterocycles. The van der Waals surface area contributed by atoms with Gasteiger partial charge in [0, 0.05) is 0 Å². The molecule has 1 unspecified atom stereocenters. The SMILES string of the molecule is Cc1ccc(S(=O)(=O)C(CCN)C(=O)O)c(C)c1. The maximum Gasteiger partial charge on any atom is 0.322 e. The molecule has 6 heteroatoms. The first kappa shape index (κ1) is 14.7. The lowest BCUT2D eigenvalue weighted by Crippen LogP contribution is -2.32. The monoisotopic (exact) mass is 271 g/mol. The minimum Gasteiger partial charge on any atom is -0.480 e. The van der Waals surface area contributed by atoms with Gasteiger partial charge in [-0.3, -0.25) is 4.79 Å². The predicted octanol–water partition coefficient (Wildman–Crippen LogP) is 0.879. The normalized spacial score (nSPS) is 13.3. The van der Waals surface area contributed by atoms with E-state index in [4.69, 9.17) is 10.8 Å². The highest BCUT2D eigenvalue weighted by atomic mass is 32.2. The molecule has 1 aromatic carbocycles. The fraction of sp³-hybridized carbons (Fsp3) is 0.417. The van der Waals surface area contributed by atoms with Crippen LogP contribution in [0.1, 0.15) is 17.5 Å². The second kappa shape index (κ2) is 5.49. The van der Waals surface area contributed by atoms with E-state index in [1.54, 1.807) is 19.1 Å². The number of hydrogen-bond donors (Lipinski definition) is 2. The van der Waals surface area contributed by atoms with Crippen LogP contribution < -0.4 is 5.73 Å². The van der Waals surface area contributed by atoms with Crippen molar-refractivity contribution in [2.75, 3.05) is 6.54 Å². The van der Waals surface area contributed by atoms with Crippen LogP contribution >= 0.6 is 0 Å². The van der Waals surface area contributed by atoms with E-state index in [9.17, 15) is 13.2 Å². The van der Waals surface area contributed by atoms with E-state index < -0.39 is 21.1 Å².